The van der Waals surface area contributed by atoms with Crippen molar-refractivity contribution in [2.45, 2.75) is 193 Å². The maximum absolute atomic E-state index is 2.39. The van der Waals surface area contributed by atoms with Crippen LogP contribution in [0.25, 0.3) is 0 Å². The first kappa shape index (κ1) is 45.0. The molecule has 0 atom stereocenters. The van der Waals surface area contributed by atoms with Gasteiger partial charge in [-0.3, -0.25) is 0 Å². The van der Waals surface area contributed by atoms with Crippen LogP contribution in [0.5, 0.6) is 0 Å². The van der Waals surface area contributed by atoms with Gasteiger partial charge in [0.2, 0.25) is 0 Å². The number of hydrogen-bond donors (Lipinski definition) is 0. The molecule has 226 valence electrons. The quantitative estimate of drug-likeness (QED) is 0.221. The van der Waals surface area contributed by atoms with Crippen LogP contribution in [0.15, 0.2) is 0 Å². The van der Waals surface area contributed by atoms with Crippen molar-refractivity contribution in [3.63, 3.8) is 0 Å². The minimum Gasteiger partial charge on any atom is -0.412 e. The monoisotopic (exact) mass is 756 g/mol. The summed E-state index contributed by atoms with van der Waals surface area (Å²) < 4.78 is 0. The first-order valence-electron chi connectivity index (χ1n) is 16.9. The van der Waals surface area contributed by atoms with E-state index < -0.39 is 0 Å². The Labute approximate surface area is 282 Å². The van der Waals surface area contributed by atoms with E-state index in [1.807, 2.05) is 0 Å². The molecule has 1 nitrogen and oxygen atoms in total. The molecule has 0 aromatic rings. The van der Waals surface area contributed by atoms with Crippen LogP contribution in [0.4, 0.5) is 0 Å². The zero-order valence-corrected chi connectivity index (χ0v) is 31.9. The molecule has 14 radical (unpaired) electrons. The molecule has 6 aliphatic rings. The van der Waals surface area contributed by atoms with E-state index in [0.717, 1.165) is 0 Å². The standard InChI is InChI=1S/6C6H11.H2O.2Sn/c6*1-2-4-6-5-3-1;;;/h6*1H,2-6H2;1H2;;. The van der Waals surface area contributed by atoms with Gasteiger partial charge in [0.05, 0.1) is 0 Å². The molecule has 0 aliphatic heterocycles. The molecule has 0 amide bonds. The molecule has 39 heavy (non-hydrogen) atoms. The number of rotatable bonds is 0. The van der Waals surface area contributed by atoms with Crippen LogP contribution in [0, 0.1) is 38.5 Å². The van der Waals surface area contributed by atoms with Crippen molar-refractivity contribution in [2.24, 2.45) is 0 Å². The molecule has 0 aromatic carbocycles. The van der Waals surface area contributed by atoms with Gasteiger partial charge in [0.25, 0.3) is 0 Å². The predicted molar refractivity (Wildman–Crippen MR) is 179 cm³/mol. The van der Waals surface area contributed by atoms with E-state index in [9.17, 15) is 0 Å². The predicted octanol–water partition coefficient (Wildman–Crippen LogP) is 11.3. The molecule has 6 aliphatic carbocycles. The minimum atomic E-state index is 0. The zero-order chi connectivity index (χ0) is 25.5. The van der Waals surface area contributed by atoms with E-state index >= 15 is 0 Å². The Hall–Kier alpha value is 1.56. The maximum Gasteiger partial charge on any atom is 0 e. The normalized spacial score (nSPS) is 22.2. The van der Waals surface area contributed by atoms with E-state index in [4.69, 9.17) is 0 Å². The number of hydrogen-bond acceptors (Lipinski definition) is 0. The van der Waals surface area contributed by atoms with Gasteiger partial charge in [-0.05, 0) is 38.5 Å². The maximum atomic E-state index is 2.39. The average molecular weight is 754 g/mol. The first-order valence-corrected chi connectivity index (χ1v) is 16.9. The molecule has 0 saturated heterocycles. The largest absolute Gasteiger partial charge is 0.412 e. The molecule has 0 bridgehead atoms. The van der Waals surface area contributed by atoms with Crippen molar-refractivity contribution < 1.29 is 5.48 Å². The fourth-order valence-electron chi connectivity index (χ4n) is 5.39. The molecular formula is C36H68OSn2. The van der Waals surface area contributed by atoms with Crippen LogP contribution < -0.4 is 0 Å². The SMILES string of the molecule is O.[CH]1CCCCC1.[CH]1CCCCC1.[CH]1CCCCC1.[CH]1CCCCC1.[CH]1CCCCC1.[CH]1CCCCC1.[Sn].[Sn]. The van der Waals surface area contributed by atoms with Gasteiger partial charge in [0.15, 0.2) is 0 Å². The van der Waals surface area contributed by atoms with Crippen LogP contribution in [-0.4, -0.2) is 53.3 Å². The smallest absolute Gasteiger partial charge is 0 e. The Morgan fingerprint density at radius 2 is 0.282 bits per heavy atom. The average Bonchev–Trinajstić information content (AvgIpc) is 3.04. The van der Waals surface area contributed by atoms with Crippen LogP contribution in [0.1, 0.15) is 193 Å². The molecule has 2 N–H and O–H groups in total. The van der Waals surface area contributed by atoms with Gasteiger partial charge < -0.3 is 5.48 Å². The van der Waals surface area contributed by atoms with Gasteiger partial charge in [-0.25, -0.2) is 0 Å². The summed E-state index contributed by atoms with van der Waals surface area (Å²) >= 11 is 0. The fourth-order valence-corrected chi connectivity index (χ4v) is 5.39. The summed E-state index contributed by atoms with van der Waals surface area (Å²) in [4.78, 5) is 0. The Balaban J connectivity index is -0.000000393. The molecule has 3 heteroatoms. The molecular weight excluding hydrogens is 686 g/mol. The van der Waals surface area contributed by atoms with Gasteiger partial charge >= 0.3 is 0 Å². The third-order valence-corrected chi connectivity index (χ3v) is 7.90. The minimum absolute atomic E-state index is 0. The Morgan fingerprint density at radius 1 is 0.179 bits per heavy atom. The molecule has 0 heterocycles. The van der Waals surface area contributed by atoms with Gasteiger partial charge in [-0.1, -0.05) is 193 Å². The summed E-state index contributed by atoms with van der Waals surface area (Å²) in [5.41, 5.74) is 0. The zero-order valence-electron chi connectivity index (χ0n) is 26.2. The van der Waals surface area contributed by atoms with Gasteiger partial charge in [-0.2, -0.15) is 0 Å². The molecule has 0 unspecified atom stereocenters. The van der Waals surface area contributed by atoms with Crippen LogP contribution >= 0.6 is 0 Å². The molecule has 0 spiro atoms. The Bertz CT molecular complexity index is 204. The molecule has 6 fully saturated rings. The van der Waals surface area contributed by atoms with Crippen molar-refractivity contribution in [3.05, 3.63) is 38.5 Å². The fraction of sp³-hybridized carbons (Fsp3) is 0.833. The summed E-state index contributed by atoms with van der Waals surface area (Å²) in [5, 5.41) is 0. The van der Waals surface area contributed by atoms with Crippen molar-refractivity contribution >= 4 is 47.8 Å². The van der Waals surface area contributed by atoms with E-state index in [-0.39, 0.29) is 53.3 Å². The third kappa shape index (κ3) is 39.6. The van der Waals surface area contributed by atoms with Gasteiger partial charge in [-0.15, -0.1) is 0 Å². The first-order chi connectivity index (χ1) is 18.0. The van der Waals surface area contributed by atoms with Crippen LogP contribution in [0.3, 0.4) is 0 Å². The third-order valence-electron chi connectivity index (χ3n) is 7.90. The molecule has 6 rings (SSSR count). The summed E-state index contributed by atoms with van der Waals surface area (Å²) in [6.07, 6.45) is 57.0. The van der Waals surface area contributed by atoms with Crippen LogP contribution in [-0.2, 0) is 0 Å². The van der Waals surface area contributed by atoms with Crippen molar-refractivity contribution in [3.8, 4) is 0 Å². The van der Waals surface area contributed by atoms with Gasteiger partial charge in [0, 0.05) is 47.8 Å². The van der Waals surface area contributed by atoms with Crippen molar-refractivity contribution in [2.75, 3.05) is 0 Å². The van der Waals surface area contributed by atoms with Crippen molar-refractivity contribution in [1.29, 1.82) is 0 Å². The van der Waals surface area contributed by atoms with E-state index in [2.05, 4.69) is 38.5 Å². The van der Waals surface area contributed by atoms with Gasteiger partial charge in [0.1, 0.15) is 0 Å². The Kier molecular flexibility index (Phi) is 48.1. The Morgan fingerprint density at radius 3 is 0.308 bits per heavy atom. The summed E-state index contributed by atoms with van der Waals surface area (Å²) in [5.74, 6) is 0. The second-order valence-corrected chi connectivity index (χ2v) is 11.6. The topological polar surface area (TPSA) is 31.5 Å². The second kappa shape index (κ2) is 41.7. The molecule has 6 saturated carbocycles. The van der Waals surface area contributed by atoms with E-state index in [1.54, 1.807) is 0 Å². The summed E-state index contributed by atoms with van der Waals surface area (Å²) in [7, 11) is 0. The van der Waals surface area contributed by atoms with Crippen LogP contribution in [0.2, 0.25) is 0 Å². The van der Waals surface area contributed by atoms with Crippen molar-refractivity contribution in [1.82, 2.24) is 0 Å². The molecule has 0 aromatic heterocycles. The van der Waals surface area contributed by atoms with E-state index in [0.29, 0.717) is 0 Å². The van der Waals surface area contributed by atoms with E-state index in [1.165, 1.54) is 193 Å². The summed E-state index contributed by atoms with van der Waals surface area (Å²) in [6.45, 7) is 0. The second-order valence-electron chi connectivity index (χ2n) is 11.6. The summed E-state index contributed by atoms with van der Waals surface area (Å²) in [6, 6.07) is 0.